The summed E-state index contributed by atoms with van der Waals surface area (Å²) in [6.07, 6.45) is 8.30. The standard InChI is InChI=1S/C28H39N3O2S/c1-33-26-8-4-3-7-23(26)9-12-29-27(32)25-18-28(25)10-15-31(16-11-28)20-24-17-22(21-34-24)19-30-13-5-2-6-14-30/h3-4,7-8,17,21,25H,2,5-6,9-16,18-20H2,1H3,(H,29,32). The Bertz CT molecular complexity index is 960. The number of amides is 1. The van der Waals surface area contributed by atoms with Crippen molar-refractivity contribution < 1.29 is 9.53 Å². The summed E-state index contributed by atoms with van der Waals surface area (Å²) >= 11 is 1.92. The number of para-hydroxylation sites is 1. The Morgan fingerprint density at radius 2 is 1.85 bits per heavy atom. The molecule has 0 bridgehead atoms. The zero-order valence-electron chi connectivity index (χ0n) is 20.6. The van der Waals surface area contributed by atoms with Crippen molar-refractivity contribution in [2.45, 2.75) is 58.0 Å². The Kier molecular flexibility index (Phi) is 7.57. The molecule has 5 nitrogen and oxygen atoms in total. The van der Waals surface area contributed by atoms with Crippen LogP contribution in [0.3, 0.4) is 0 Å². The van der Waals surface area contributed by atoms with E-state index in [2.05, 4.69) is 32.6 Å². The predicted octanol–water partition coefficient (Wildman–Crippen LogP) is 4.70. The first-order valence-electron chi connectivity index (χ1n) is 13.1. The van der Waals surface area contributed by atoms with Crippen molar-refractivity contribution in [3.8, 4) is 5.75 Å². The van der Waals surface area contributed by atoms with Crippen LogP contribution in [0.5, 0.6) is 5.75 Å². The van der Waals surface area contributed by atoms with Crippen LogP contribution in [0, 0.1) is 11.3 Å². The maximum atomic E-state index is 12.8. The van der Waals surface area contributed by atoms with Gasteiger partial charge in [-0.1, -0.05) is 24.6 Å². The number of nitrogens with one attached hydrogen (secondary N) is 1. The third kappa shape index (κ3) is 5.67. The zero-order chi connectivity index (χ0) is 23.4. The molecule has 6 heteroatoms. The Morgan fingerprint density at radius 3 is 2.65 bits per heavy atom. The number of likely N-dealkylation sites (tertiary alicyclic amines) is 2. The molecule has 3 fully saturated rings. The first-order chi connectivity index (χ1) is 16.6. The summed E-state index contributed by atoms with van der Waals surface area (Å²) in [7, 11) is 1.70. The highest BCUT2D eigenvalue weighted by Crippen LogP contribution is 2.59. The van der Waals surface area contributed by atoms with Crippen LogP contribution in [0.1, 0.15) is 54.5 Å². The Hall–Kier alpha value is -1.89. The van der Waals surface area contributed by atoms with Crippen LogP contribution >= 0.6 is 11.3 Å². The molecule has 3 heterocycles. The van der Waals surface area contributed by atoms with E-state index in [0.717, 1.165) is 63.2 Å². The fourth-order valence-electron chi connectivity index (χ4n) is 5.97. The van der Waals surface area contributed by atoms with E-state index in [1.807, 2.05) is 29.5 Å². The molecule has 2 aromatic rings. The molecule has 1 aromatic heterocycles. The van der Waals surface area contributed by atoms with Crippen LogP contribution in [-0.4, -0.2) is 55.5 Å². The Labute approximate surface area is 208 Å². The van der Waals surface area contributed by atoms with Gasteiger partial charge in [0.25, 0.3) is 0 Å². The molecule has 1 amide bonds. The number of hydrogen-bond acceptors (Lipinski definition) is 5. The first kappa shape index (κ1) is 23.8. The zero-order valence-corrected chi connectivity index (χ0v) is 21.4. The van der Waals surface area contributed by atoms with Crippen LogP contribution in [0.15, 0.2) is 35.7 Å². The molecule has 3 aliphatic rings. The molecule has 184 valence electrons. The number of ether oxygens (including phenoxy) is 1. The van der Waals surface area contributed by atoms with Crippen LogP contribution < -0.4 is 10.1 Å². The number of methoxy groups -OCH3 is 1. The van der Waals surface area contributed by atoms with Gasteiger partial charge in [0.2, 0.25) is 5.91 Å². The lowest BCUT2D eigenvalue weighted by atomic mass is 9.90. The van der Waals surface area contributed by atoms with Gasteiger partial charge >= 0.3 is 0 Å². The van der Waals surface area contributed by atoms with Crippen molar-refractivity contribution in [2.75, 3.05) is 39.8 Å². The molecule has 2 saturated heterocycles. The Balaban J connectivity index is 1.03. The molecule has 1 atom stereocenters. The van der Waals surface area contributed by atoms with E-state index in [0.29, 0.717) is 6.54 Å². The summed E-state index contributed by atoms with van der Waals surface area (Å²) < 4.78 is 5.42. The van der Waals surface area contributed by atoms with Gasteiger partial charge in [-0.3, -0.25) is 14.6 Å². The number of nitrogens with zero attached hydrogens (tertiary/aromatic N) is 2. The maximum absolute atomic E-state index is 12.8. The third-order valence-corrected chi connectivity index (χ3v) is 9.16. The minimum absolute atomic E-state index is 0.213. The molecule has 2 aliphatic heterocycles. The smallest absolute Gasteiger partial charge is 0.223 e. The topological polar surface area (TPSA) is 44.8 Å². The number of piperidine rings is 2. The van der Waals surface area contributed by atoms with Crippen molar-refractivity contribution in [3.05, 3.63) is 51.7 Å². The fourth-order valence-corrected chi connectivity index (χ4v) is 6.89. The third-order valence-electron chi connectivity index (χ3n) is 8.19. The van der Waals surface area contributed by atoms with Gasteiger partial charge in [-0.05, 0) is 98.8 Å². The number of hydrogen-bond donors (Lipinski definition) is 1. The SMILES string of the molecule is COc1ccccc1CCNC(=O)C1CC12CCN(Cc1cc(CN3CCCCC3)cs1)CC2. The maximum Gasteiger partial charge on any atom is 0.223 e. The molecule has 1 saturated carbocycles. The largest absolute Gasteiger partial charge is 0.496 e. The van der Waals surface area contributed by atoms with E-state index in [-0.39, 0.29) is 17.2 Å². The number of carbonyl (C=O) groups excluding carboxylic acids is 1. The Morgan fingerprint density at radius 1 is 1.09 bits per heavy atom. The normalized spacial score (nSPS) is 22.6. The molecule has 5 rings (SSSR count). The van der Waals surface area contributed by atoms with Gasteiger partial charge in [0, 0.05) is 30.4 Å². The average molecular weight is 482 g/mol. The summed E-state index contributed by atoms with van der Waals surface area (Å²) in [6, 6.07) is 10.5. The predicted molar refractivity (Wildman–Crippen MR) is 138 cm³/mol. The van der Waals surface area contributed by atoms with Crippen molar-refractivity contribution in [3.63, 3.8) is 0 Å². The van der Waals surface area contributed by atoms with Crippen molar-refractivity contribution in [2.24, 2.45) is 11.3 Å². The van der Waals surface area contributed by atoms with Gasteiger partial charge in [-0.15, -0.1) is 11.3 Å². The molecular formula is C28H39N3O2S. The lowest BCUT2D eigenvalue weighted by Crippen LogP contribution is -2.37. The monoisotopic (exact) mass is 481 g/mol. The van der Waals surface area contributed by atoms with E-state index < -0.39 is 0 Å². The summed E-state index contributed by atoms with van der Waals surface area (Å²) in [5.74, 6) is 1.37. The van der Waals surface area contributed by atoms with Gasteiger partial charge < -0.3 is 10.1 Å². The summed E-state index contributed by atoms with van der Waals surface area (Å²) in [5, 5.41) is 5.56. The van der Waals surface area contributed by atoms with Gasteiger partial charge in [-0.2, -0.15) is 0 Å². The van der Waals surface area contributed by atoms with E-state index in [4.69, 9.17) is 4.74 Å². The van der Waals surface area contributed by atoms with Gasteiger partial charge in [0.05, 0.1) is 7.11 Å². The van der Waals surface area contributed by atoms with Crippen LogP contribution in [0.25, 0.3) is 0 Å². The highest BCUT2D eigenvalue weighted by atomic mass is 32.1. The second kappa shape index (κ2) is 10.8. The summed E-state index contributed by atoms with van der Waals surface area (Å²) in [4.78, 5) is 19.5. The average Bonchev–Trinajstić information content (AvgIpc) is 3.40. The number of carbonyl (C=O) groups is 1. The number of benzene rings is 1. The van der Waals surface area contributed by atoms with Crippen molar-refractivity contribution in [1.29, 1.82) is 0 Å². The number of thiophene rings is 1. The second-order valence-corrected chi connectivity index (χ2v) is 11.5. The molecule has 0 radical (unpaired) electrons. The molecule has 1 spiro atoms. The lowest BCUT2D eigenvalue weighted by Gasteiger charge is -2.32. The van der Waals surface area contributed by atoms with Crippen molar-refractivity contribution >= 4 is 17.2 Å². The highest BCUT2D eigenvalue weighted by molar-refractivity contribution is 7.10. The van der Waals surface area contributed by atoms with Gasteiger partial charge in [0.1, 0.15) is 5.75 Å². The minimum atomic E-state index is 0.213. The van der Waals surface area contributed by atoms with Gasteiger partial charge in [0.15, 0.2) is 0 Å². The molecule has 1 aliphatic carbocycles. The van der Waals surface area contributed by atoms with E-state index in [1.54, 1.807) is 7.11 Å². The highest BCUT2D eigenvalue weighted by Gasteiger charge is 2.58. The quantitative estimate of drug-likeness (QED) is 0.564. The minimum Gasteiger partial charge on any atom is -0.496 e. The van der Waals surface area contributed by atoms with E-state index in [9.17, 15) is 4.79 Å². The van der Waals surface area contributed by atoms with Gasteiger partial charge in [-0.25, -0.2) is 0 Å². The fraction of sp³-hybridized carbons (Fsp3) is 0.607. The first-order valence-corrected chi connectivity index (χ1v) is 13.9. The van der Waals surface area contributed by atoms with E-state index in [1.165, 1.54) is 42.8 Å². The second-order valence-electron chi connectivity index (χ2n) is 10.5. The molecule has 34 heavy (non-hydrogen) atoms. The lowest BCUT2D eigenvalue weighted by molar-refractivity contribution is -0.123. The van der Waals surface area contributed by atoms with E-state index >= 15 is 0 Å². The van der Waals surface area contributed by atoms with Crippen LogP contribution in [-0.2, 0) is 24.3 Å². The van der Waals surface area contributed by atoms with Crippen molar-refractivity contribution in [1.82, 2.24) is 15.1 Å². The molecule has 1 unspecified atom stereocenters. The molecular weight excluding hydrogens is 442 g/mol. The molecule has 1 aromatic carbocycles. The van der Waals surface area contributed by atoms with Crippen LogP contribution in [0.4, 0.5) is 0 Å². The summed E-state index contributed by atoms with van der Waals surface area (Å²) in [6.45, 7) is 7.61. The van der Waals surface area contributed by atoms with Crippen LogP contribution in [0.2, 0.25) is 0 Å². The molecule has 1 N–H and O–H groups in total. The number of rotatable bonds is 9. The summed E-state index contributed by atoms with van der Waals surface area (Å²) in [5.41, 5.74) is 2.90.